The average molecular weight is 406 g/mol. The van der Waals surface area contributed by atoms with E-state index in [1.54, 1.807) is 33.8 Å². The molecule has 0 aromatic carbocycles. The molecule has 0 amide bonds. The molecular formula is C22H30O7. The van der Waals surface area contributed by atoms with E-state index in [-0.39, 0.29) is 18.3 Å². The summed E-state index contributed by atoms with van der Waals surface area (Å²) < 4.78 is 17.3. The monoisotopic (exact) mass is 406 g/mol. The molecule has 29 heavy (non-hydrogen) atoms. The van der Waals surface area contributed by atoms with Crippen molar-refractivity contribution in [2.45, 2.75) is 78.3 Å². The van der Waals surface area contributed by atoms with Gasteiger partial charge in [-0.25, -0.2) is 4.79 Å². The summed E-state index contributed by atoms with van der Waals surface area (Å²) >= 11 is 0. The van der Waals surface area contributed by atoms with Crippen LogP contribution in [0.25, 0.3) is 0 Å². The lowest BCUT2D eigenvalue weighted by Crippen LogP contribution is -2.43. The van der Waals surface area contributed by atoms with Gasteiger partial charge in [-0.3, -0.25) is 9.59 Å². The van der Waals surface area contributed by atoms with Gasteiger partial charge in [-0.1, -0.05) is 13.0 Å². The van der Waals surface area contributed by atoms with Crippen molar-refractivity contribution in [2.24, 2.45) is 17.8 Å². The van der Waals surface area contributed by atoms with Crippen LogP contribution in [0, 0.1) is 17.8 Å². The first-order valence-electron chi connectivity index (χ1n) is 10.1. The highest BCUT2D eigenvalue weighted by atomic mass is 16.6. The lowest BCUT2D eigenvalue weighted by Gasteiger charge is -2.37. The smallest absolute Gasteiger partial charge is 0.333 e. The number of allylic oxidation sites excluding steroid dienone is 1. The fourth-order valence-electron chi connectivity index (χ4n) is 5.10. The number of fused-ring (bicyclic) bond motifs is 3. The van der Waals surface area contributed by atoms with Gasteiger partial charge in [0.1, 0.15) is 17.8 Å². The van der Waals surface area contributed by atoms with Crippen molar-refractivity contribution < 1.29 is 33.7 Å². The third-order valence-corrected chi connectivity index (χ3v) is 6.80. The number of ether oxygens (including phenoxy) is 3. The van der Waals surface area contributed by atoms with E-state index in [2.05, 4.69) is 0 Å². The topological polar surface area (TPSA) is 99.1 Å². The third-order valence-electron chi connectivity index (χ3n) is 6.80. The van der Waals surface area contributed by atoms with E-state index < -0.39 is 47.7 Å². The Hall–Kier alpha value is -2.15. The number of carbonyl (C=O) groups is 3. The van der Waals surface area contributed by atoms with Crippen molar-refractivity contribution >= 4 is 17.9 Å². The number of carbonyl (C=O) groups excluding carboxylic acids is 3. The van der Waals surface area contributed by atoms with E-state index in [4.69, 9.17) is 14.2 Å². The van der Waals surface area contributed by atoms with E-state index in [0.717, 1.165) is 11.1 Å². The molecule has 160 valence electrons. The summed E-state index contributed by atoms with van der Waals surface area (Å²) in [6, 6.07) is 0. The zero-order chi connectivity index (χ0) is 21.7. The number of hydrogen-bond acceptors (Lipinski definition) is 7. The van der Waals surface area contributed by atoms with Crippen molar-refractivity contribution in [3.63, 3.8) is 0 Å². The normalized spacial score (nSPS) is 39.4. The van der Waals surface area contributed by atoms with Crippen molar-refractivity contribution in [2.75, 3.05) is 0 Å². The highest BCUT2D eigenvalue weighted by molar-refractivity contribution is 5.88. The summed E-state index contributed by atoms with van der Waals surface area (Å²) in [6.45, 7) is 10.1. The molecule has 7 nitrogen and oxygen atoms in total. The molecule has 0 unspecified atom stereocenters. The zero-order valence-corrected chi connectivity index (χ0v) is 17.9. The number of hydrogen-bond donors (Lipinski definition) is 1. The van der Waals surface area contributed by atoms with Crippen LogP contribution < -0.4 is 0 Å². The molecule has 1 aliphatic heterocycles. The third kappa shape index (κ3) is 3.61. The molecule has 0 radical (unpaired) electrons. The fourth-order valence-corrected chi connectivity index (χ4v) is 5.10. The molecule has 3 aliphatic rings. The van der Waals surface area contributed by atoms with E-state index in [1.165, 1.54) is 6.92 Å². The van der Waals surface area contributed by atoms with Crippen LogP contribution in [0.4, 0.5) is 0 Å². The number of aliphatic hydroxyl groups excluding tert-OH is 1. The molecule has 1 saturated carbocycles. The maximum Gasteiger partial charge on any atom is 0.333 e. The Morgan fingerprint density at radius 1 is 1.31 bits per heavy atom. The summed E-state index contributed by atoms with van der Waals surface area (Å²) in [5, 5.41) is 10.5. The maximum absolute atomic E-state index is 12.6. The van der Waals surface area contributed by atoms with Gasteiger partial charge in [-0.2, -0.15) is 0 Å². The van der Waals surface area contributed by atoms with Gasteiger partial charge < -0.3 is 19.3 Å². The number of esters is 3. The van der Waals surface area contributed by atoms with Crippen molar-refractivity contribution in [3.8, 4) is 0 Å². The van der Waals surface area contributed by atoms with Gasteiger partial charge in [0, 0.05) is 24.8 Å². The summed E-state index contributed by atoms with van der Waals surface area (Å²) in [7, 11) is 0. The van der Waals surface area contributed by atoms with Gasteiger partial charge in [0.2, 0.25) is 0 Å². The van der Waals surface area contributed by atoms with Gasteiger partial charge in [-0.15, -0.1) is 0 Å². The average Bonchev–Trinajstić information content (AvgIpc) is 3.06. The van der Waals surface area contributed by atoms with Crippen molar-refractivity contribution in [1.29, 1.82) is 0 Å². The van der Waals surface area contributed by atoms with Crippen LogP contribution in [0.2, 0.25) is 0 Å². The first-order valence-corrected chi connectivity index (χ1v) is 10.1. The zero-order valence-electron chi connectivity index (χ0n) is 17.9. The summed E-state index contributed by atoms with van der Waals surface area (Å²) in [4.78, 5) is 36.9. The molecule has 0 aromatic heterocycles. The molecule has 3 rings (SSSR count). The second-order valence-electron chi connectivity index (χ2n) is 8.69. The standard InChI is InChI=1S/C22H30O7/c1-7-10(2)20(25)27-16-9-22(6,29-13(5)23)14-8-15(24)11(3)17(14)19-18(16)12(4)21(26)28-19/h7,12,14-16,18-19,24H,8-9H2,1-6H3/b10-7-/t12-,14+,15-,16-,18+,19+,22+/m0/s1. The largest absolute Gasteiger partial charge is 0.459 e. The first-order chi connectivity index (χ1) is 13.5. The van der Waals surface area contributed by atoms with Gasteiger partial charge in [0.25, 0.3) is 0 Å². The number of aliphatic hydroxyl groups is 1. The molecule has 0 aromatic rings. The minimum Gasteiger partial charge on any atom is -0.459 e. The molecule has 0 bridgehead atoms. The first kappa shape index (κ1) is 21.6. The van der Waals surface area contributed by atoms with Crippen LogP contribution in [0.1, 0.15) is 54.4 Å². The van der Waals surface area contributed by atoms with Gasteiger partial charge in [0.05, 0.1) is 17.9 Å². The quantitative estimate of drug-likeness (QED) is 0.333. The van der Waals surface area contributed by atoms with Gasteiger partial charge in [0.15, 0.2) is 0 Å². The van der Waals surface area contributed by atoms with Gasteiger partial charge in [-0.05, 0) is 45.3 Å². The summed E-state index contributed by atoms with van der Waals surface area (Å²) in [6.07, 6.45) is 0.293. The lowest BCUT2D eigenvalue weighted by atomic mass is 9.81. The van der Waals surface area contributed by atoms with E-state index in [0.29, 0.717) is 12.0 Å². The predicted molar refractivity (Wildman–Crippen MR) is 103 cm³/mol. The SMILES string of the molecule is C/C=C(/C)C(=O)O[C@H]1C[C@@](C)(OC(C)=O)[C@@H]2C[C@H](O)C(C)=C2[C@H]2OC(=O)[C@@H](C)[C@H]12. The highest BCUT2D eigenvalue weighted by Gasteiger charge is 2.60. The van der Waals surface area contributed by atoms with Crippen LogP contribution in [0.3, 0.4) is 0 Å². The highest BCUT2D eigenvalue weighted by Crippen LogP contribution is 2.53. The predicted octanol–water partition coefficient (Wildman–Crippen LogP) is 2.46. The Morgan fingerprint density at radius 2 is 1.97 bits per heavy atom. The molecule has 1 heterocycles. The minimum atomic E-state index is -0.995. The summed E-state index contributed by atoms with van der Waals surface area (Å²) in [5.74, 6) is -2.48. The maximum atomic E-state index is 12.6. The van der Waals surface area contributed by atoms with Crippen LogP contribution >= 0.6 is 0 Å². The van der Waals surface area contributed by atoms with Crippen LogP contribution in [-0.4, -0.2) is 46.9 Å². The van der Waals surface area contributed by atoms with E-state index in [1.807, 2.05) is 6.92 Å². The van der Waals surface area contributed by atoms with Crippen molar-refractivity contribution in [1.82, 2.24) is 0 Å². The van der Waals surface area contributed by atoms with Crippen LogP contribution in [0.5, 0.6) is 0 Å². The molecule has 0 spiro atoms. The Morgan fingerprint density at radius 3 is 2.55 bits per heavy atom. The molecule has 1 N–H and O–H groups in total. The van der Waals surface area contributed by atoms with Gasteiger partial charge >= 0.3 is 17.9 Å². The Bertz CT molecular complexity index is 795. The molecule has 1 saturated heterocycles. The molecule has 7 atom stereocenters. The second kappa shape index (κ2) is 7.59. The Balaban J connectivity index is 2.11. The second-order valence-corrected chi connectivity index (χ2v) is 8.69. The van der Waals surface area contributed by atoms with Crippen molar-refractivity contribution in [3.05, 3.63) is 22.8 Å². The summed E-state index contributed by atoms with van der Waals surface area (Å²) in [5.41, 5.74) is 1.00. The lowest BCUT2D eigenvalue weighted by molar-refractivity contribution is -0.168. The fraction of sp³-hybridized carbons (Fsp3) is 0.682. The molecule has 2 aliphatic carbocycles. The van der Waals surface area contributed by atoms with Crippen LogP contribution in [-0.2, 0) is 28.6 Å². The molecule has 2 fully saturated rings. The van der Waals surface area contributed by atoms with Crippen LogP contribution in [0.15, 0.2) is 22.8 Å². The van der Waals surface area contributed by atoms with E-state index in [9.17, 15) is 19.5 Å². The molecular weight excluding hydrogens is 376 g/mol. The minimum absolute atomic E-state index is 0.228. The molecule has 7 heteroatoms. The van der Waals surface area contributed by atoms with E-state index >= 15 is 0 Å². The Labute approximate surface area is 171 Å². The Kier molecular flexibility index (Phi) is 5.64. The number of rotatable bonds is 3.